The summed E-state index contributed by atoms with van der Waals surface area (Å²) < 4.78 is 5.85. The Morgan fingerprint density at radius 2 is 1.94 bits per heavy atom. The van der Waals surface area contributed by atoms with E-state index in [1.807, 2.05) is 30.3 Å². The Morgan fingerprint density at radius 3 is 2.77 bits per heavy atom. The van der Waals surface area contributed by atoms with Crippen LogP contribution in [-0.2, 0) is 29.2 Å². The predicted octanol–water partition coefficient (Wildman–Crippen LogP) is 1.42. The summed E-state index contributed by atoms with van der Waals surface area (Å²) in [7, 11) is 0. The highest BCUT2D eigenvalue weighted by Crippen LogP contribution is 2.30. The summed E-state index contributed by atoms with van der Waals surface area (Å²) in [4.78, 5) is 40.4. The first-order valence-electron chi connectivity index (χ1n) is 10.5. The zero-order valence-electron chi connectivity index (χ0n) is 17.1. The van der Waals surface area contributed by atoms with Crippen LogP contribution < -0.4 is 15.8 Å². The number of amides is 3. The SMILES string of the molecule is Nc1ccc2c(c1)OCCN(Cc1ccc3c(c1)CN(C1CCC(=O)NC1=O)C3=O)C2. The lowest BCUT2D eigenvalue weighted by Crippen LogP contribution is -2.52. The van der Waals surface area contributed by atoms with Crippen LogP contribution in [-0.4, -0.2) is 46.7 Å². The minimum absolute atomic E-state index is 0.147. The fourth-order valence-electron chi connectivity index (χ4n) is 4.56. The van der Waals surface area contributed by atoms with Gasteiger partial charge >= 0.3 is 0 Å². The second-order valence-corrected chi connectivity index (χ2v) is 8.32. The number of carbonyl (C=O) groups is 3. The fourth-order valence-corrected chi connectivity index (χ4v) is 4.56. The molecule has 3 aliphatic heterocycles. The molecule has 1 unspecified atom stereocenters. The van der Waals surface area contributed by atoms with Crippen LogP contribution in [0.4, 0.5) is 5.69 Å². The van der Waals surface area contributed by atoms with E-state index in [1.54, 1.807) is 4.90 Å². The van der Waals surface area contributed by atoms with Gasteiger partial charge in [-0.1, -0.05) is 18.2 Å². The molecule has 0 radical (unpaired) electrons. The molecular formula is C23H24N4O4. The average Bonchev–Trinajstić information content (AvgIpc) is 2.92. The van der Waals surface area contributed by atoms with Gasteiger partial charge in [0.15, 0.2) is 0 Å². The molecule has 8 heteroatoms. The number of hydrogen-bond acceptors (Lipinski definition) is 6. The van der Waals surface area contributed by atoms with Gasteiger partial charge in [0.1, 0.15) is 18.4 Å². The summed E-state index contributed by atoms with van der Waals surface area (Å²) in [5.41, 5.74) is 10.3. The van der Waals surface area contributed by atoms with E-state index in [0.717, 1.165) is 42.1 Å². The highest BCUT2D eigenvalue weighted by molar-refractivity contribution is 6.05. The number of hydrogen-bond donors (Lipinski definition) is 2. The molecule has 3 heterocycles. The second-order valence-electron chi connectivity index (χ2n) is 8.32. The van der Waals surface area contributed by atoms with Crippen molar-refractivity contribution in [2.24, 2.45) is 0 Å². The fraction of sp³-hybridized carbons (Fsp3) is 0.348. The lowest BCUT2D eigenvalue weighted by Gasteiger charge is -2.29. The molecule has 1 saturated heterocycles. The van der Waals surface area contributed by atoms with Crippen molar-refractivity contribution in [2.75, 3.05) is 18.9 Å². The third-order valence-corrected chi connectivity index (χ3v) is 6.14. The molecule has 1 fully saturated rings. The number of ether oxygens (including phenoxy) is 1. The number of nitrogens with zero attached hydrogens (tertiary/aromatic N) is 2. The van der Waals surface area contributed by atoms with Crippen LogP contribution in [0.3, 0.4) is 0 Å². The Bertz CT molecular complexity index is 1080. The number of nitrogen functional groups attached to an aromatic ring is 1. The summed E-state index contributed by atoms with van der Waals surface area (Å²) in [6.45, 7) is 3.25. The van der Waals surface area contributed by atoms with Gasteiger partial charge in [-0.15, -0.1) is 0 Å². The normalized spacial score (nSPS) is 21.2. The summed E-state index contributed by atoms with van der Waals surface area (Å²) in [6.07, 6.45) is 0.626. The predicted molar refractivity (Wildman–Crippen MR) is 113 cm³/mol. The Labute approximate surface area is 179 Å². The quantitative estimate of drug-likeness (QED) is 0.575. The summed E-state index contributed by atoms with van der Waals surface area (Å²) in [5, 5.41) is 2.34. The molecule has 3 aliphatic rings. The van der Waals surface area contributed by atoms with Gasteiger partial charge in [-0.05, 0) is 29.7 Å². The molecule has 3 amide bonds. The number of fused-ring (bicyclic) bond motifs is 2. The Morgan fingerprint density at radius 1 is 1.06 bits per heavy atom. The van der Waals surface area contributed by atoms with Crippen molar-refractivity contribution < 1.29 is 19.1 Å². The van der Waals surface area contributed by atoms with Gasteiger partial charge in [-0.2, -0.15) is 0 Å². The van der Waals surface area contributed by atoms with Crippen LogP contribution in [0.1, 0.15) is 39.9 Å². The Balaban J connectivity index is 1.31. The summed E-state index contributed by atoms with van der Waals surface area (Å²) >= 11 is 0. The van der Waals surface area contributed by atoms with Crippen molar-refractivity contribution in [3.05, 3.63) is 58.7 Å². The number of anilines is 1. The van der Waals surface area contributed by atoms with Crippen molar-refractivity contribution in [3.8, 4) is 5.75 Å². The third-order valence-electron chi connectivity index (χ3n) is 6.14. The average molecular weight is 420 g/mol. The first-order valence-corrected chi connectivity index (χ1v) is 10.5. The maximum atomic E-state index is 12.9. The molecule has 0 bridgehead atoms. The van der Waals surface area contributed by atoms with Crippen LogP contribution in [0.25, 0.3) is 0 Å². The highest BCUT2D eigenvalue weighted by Gasteiger charge is 2.39. The molecule has 8 nitrogen and oxygen atoms in total. The van der Waals surface area contributed by atoms with Crippen LogP contribution in [0, 0.1) is 0 Å². The molecule has 0 saturated carbocycles. The lowest BCUT2D eigenvalue weighted by molar-refractivity contribution is -0.136. The van der Waals surface area contributed by atoms with E-state index in [9.17, 15) is 14.4 Å². The molecule has 0 spiro atoms. The van der Waals surface area contributed by atoms with Crippen molar-refractivity contribution in [3.63, 3.8) is 0 Å². The molecule has 0 aromatic heterocycles. The molecule has 2 aromatic carbocycles. The topological polar surface area (TPSA) is 105 Å². The number of carbonyl (C=O) groups excluding carboxylic acids is 3. The zero-order chi connectivity index (χ0) is 21.5. The Kier molecular flexibility index (Phi) is 4.86. The molecule has 1 atom stereocenters. The van der Waals surface area contributed by atoms with E-state index in [0.29, 0.717) is 30.8 Å². The van der Waals surface area contributed by atoms with Gasteiger partial charge < -0.3 is 15.4 Å². The van der Waals surface area contributed by atoms with E-state index in [2.05, 4.69) is 16.3 Å². The van der Waals surface area contributed by atoms with Gasteiger partial charge in [-0.25, -0.2) is 0 Å². The highest BCUT2D eigenvalue weighted by atomic mass is 16.5. The van der Waals surface area contributed by atoms with Crippen molar-refractivity contribution >= 4 is 23.4 Å². The van der Waals surface area contributed by atoms with E-state index < -0.39 is 6.04 Å². The number of imide groups is 1. The second kappa shape index (κ2) is 7.70. The monoisotopic (exact) mass is 420 g/mol. The van der Waals surface area contributed by atoms with E-state index in [4.69, 9.17) is 10.5 Å². The maximum Gasteiger partial charge on any atom is 0.255 e. The van der Waals surface area contributed by atoms with Crippen molar-refractivity contribution in [2.45, 2.75) is 38.5 Å². The van der Waals surface area contributed by atoms with E-state index in [1.165, 1.54) is 0 Å². The third kappa shape index (κ3) is 3.74. The number of rotatable bonds is 3. The number of benzene rings is 2. The number of nitrogens with one attached hydrogen (secondary N) is 1. The summed E-state index contributed by atoms with van der Waals surface area (Å²) in [5.74, 6) is 0.0209. The molecule has 0 aliphatic carbocycles. The molecule has 31 heavy (non-hydrogen) atoms. The maximum absolute atomic E-state index is 12.9. The van der Waals surface area contributed by atoms with Crippen molar-refractivity contribution in [1.29, 1.82) is 0 Å². The van der Waals surface area contributed by atoms with Gasteiger partial charge in [0.05, 0.1) is 0 Å². The van der Waals surface area contributed by atoms with Crippen molar-refractivity contribution in [1.82, 2.24) is 15.1 Å². The number of nitrogens with two attached hydrogens (primary N) is 1. The standard InChI is InChI=1S/C23H24N4O4/c24-17-3-2-15-12-26(7-8-31-20(15)10-17)11-14-1-4-18-16(9-14)13-27(23(18)30)19-5-6-21(28)25-22(19)29/h1-4,9-10,19H,5-8,11-13,24H2,(H,25,28,29). The van der Waals surface area contributed by atoms with Crippen LogP contribution in [0.5, 0.6) is 5.75 Å². The Hall–Kier alpha value is -3.39. The van der Waals surface area contributed by atoms with Gasteiger partial charge in [0.2, 0.25) is 11.8 Å². The van der Waals surface area contributed by atoms with Gasteiger partial charge in [0.25, 0.3) is 5.91 Å². The first kappa shape index (κ1) is 19.6. The summed E-state index contributed by atoms with van der Waals surface area (Å²) in [6, 6.07) is 11.0. The minimum Gasteiger partial charge on any atom is -0.492 e. The first-order chi connectivity index (χ1) is 15.0. The minimum atomic E-state index is -0.590. The van der Waals surface area contributed by atoms with Crippen LogP contribution in [0.2, 0.25) is 0 Å². The van der Waals surface area contributed by atoms with Gasteiger partial charge in [0, 0.05) is 55.5 Å². The largest absolute Gasteiger partial charge is 0.492 e. The molecule has 5 rings (SSSR count). The van der Waals surface area contributed by atoms with Gasteiger partial charge in [-0.3, -0.25) is 24.6 Å². The molecule has 2 aromatic rings. The molecule has 160 valence electrons. The molecule has 3 N–H and O–H groups in total. The van der Waals surface area contributed by atoms with Crippen LogP contribution in [0.15, 0.2) is 36.4 Å². The smallest absolute Gasteiger partial charge is 0.255 e. The lowest BCUT2D eigenvalue weighted by atomic mass is 10.0. The van der Waals surface area contributed by atoms with E-state index in [-0.39, 0.29) is 24.1 Å². The van der Waals surface area contributed by atoms with Crippen LogP contribution >= 0.6 is 0 Å². The van der Waals surface area contributed by atoms with E-state index >= 15 is 0 Å². The molecular weight excluding hydrogens is 396 g/mol. The number of piperidine rings is 1. The zero-order valence-corrected chi connectivity index (χ0v) is 17.1.